The van der Waals surface area contributed by atoms with Gasteiger partial charge in [-0.15, -0.1) is 10.2 Å². The molecule has 2 aliphatic heterocycles. The normalized spacial score (nSPS) is 18.3. The van der Waals surface area contributed by atoms with E-state index < -0.39 is 0 Å². The number of benzene rings is 1. The summed E-state index contributed by atoms with van der Waals surface area (Å²) in [5.41, 5.74) is 2.74. The lowest BCUT2D eigenvalue weighted by atomic mass is 9.99. The number of nitrogens with one attached hydrogen (secondary N) is 1. The molecule has 0 aliphatic carbocycles. The number of carbonyl (C=O) groups is 1. The number of aromatic nitrogens is 3. The van der Waals surface area contributed by atoms with E-state index in [2.05, 4.69) is 49.2 Å². The average Bonchev–Trinajstić information content (AvgIpc) is 3.08. The van der Waals surface area contributed by atoms with Crippen molar-refractivity contribution in [1.29, 1.82) is 0 Å². The number of hydrogen-bond donors (Lipinski definition) is 1. The van der Waals surface area contributed by atoms with Gasteiger partial charge in [0.05, 0.1) is 12.6 Å². The van der Waals surface area contributed by atoms with Crippen molar-refractivity contribution in [3.8, 4) is 0 Å². The van der Waals surface area contributed by atoms with Crippen LogP contribution >= 0.6 is 0 Å². The van der Waals surface area contributed by atoms with Gasteiger partial charge in [0.2, 0.25) is 5.91 Å². The Labute approximate surface area is 148 Å². The predicted octanol–water partition coefficient (Wildman–Crippen LogP) is 1.68. The number of fused-ring (bicyclic) bond motifs is 2. The van der Waals surface area contributed by atoms with Crippen molar-refractivity contribution in [3.63, 3.8) is 0 Å². The lowest BCUT2D eigenvalue weighted by molar-refractivity contribution is -0.126. The maximum atomic E-state index is 12.6. The zero-order valence-electron chi connectivity index (χ0n) is 14.7. The molecule has 25 heavy (non-hydrogen) atoms. The zero-order valence-corrected chi connectivity index (χ0v) is 14.7. The molecule has 2 aliphatic rings. The third kappa shape index (κ3) is 3.31. The first-order valence-corrected chi connectivity index (χ1v) is 9.22. The van der Waals surface area contributed by atoms with Gasteiger partial charge in [-0.05, 0) is 37.3 Å². The van der Waals surface area contributed by atoms with Crippen molar-refractivity contribution in [3.05, 3.63) is 47.0 Å². The van der Waals surface area contributed by atoms with E-state index in [0.717, 1.165) is 50.5 Å². The molecule has 0 saturated carbocycles. The van der Waals surface area contributed by atoms with Crippen LogP contribution in [0.3, 0.4) is 0 Å². The van der Waals surface area contributed by atoms with Gasteiger partial charge >= 0.3 is 0 Å². The van der Waals surface area contributed by atoms with E-state index in [1.165, 1.54) is 17.5 Å². The van der Waals surface area contributed by atoms with Crippen molar-refractivity contribution in [2.45, 2.75) is 58.3 Å². The van der Waals surface area contributed by atoms with Crippen LogP contribution in [0, 0.1) is 0 Å². The quantitative estimate of drug-likeness (QED) is 0.920. The van der Waals surface area contributed by atoms with Crippen LogP contribution in [0.25, 0.3) is 0 Å². The maximum absolute atomic E-state index is 12.6. The van der Waals surface area contributed by atoms with E-state index in [1.807, 2.05) is 6.92 Å². The molecule has 0 fully saturated rings. The number of nitrogens with zero attached hydrogens (tertiary/aromatic N) is 4. The van der Waals surface area contributed by atoms with E-state index in [4.69, 9.17) is 0 Å². The number of carbonyl (C=O) groups excluding carboxylic acids is 1. The molecule has 1 aromatic heterocycles. The third-order valence-corrected chi connectivity index (χ3v) is 5.44. The summed E-state index contributed by atoms with van der Waals surface area (Å²) in [4.78, 5) is 14.9. The summed E-state index contributed by atoms with van der Waals surface area (Å²) in [6, 6.07) is 8.36. The average molecular weight is 339 g/mol. The molecule has 0 saturated heterocycles. The first kappa shape index (κ1) is 16.3. The molecule has 0 radical (unpaired) electrons. The predicted molar refractivity (Wildman–Crippen MR) is 94.8 cm³/mol. The van der Waals surface area contributed by atoms with Crippen LogP contribution < -0.4 is 5.32 Å². The lowest BCUT2D eigenvalue weighted by Gasteiger charge is -2.32. The highest BCUT2D eigenvalue weighted by atomic mass is 16.2. The first-order chi connectivity index (χ1) is 12.2. The number of amides is 1. The molecule has 0 unspecified atom stereocenters. The van der Waals surface area contributed by atoms with Crippen LogP contribution in [0.15, 0.2) is 24.3 Å². The molecular formula is C19H25N5O. The monoisotopic (exact) mass is 339 g/mol. The second kappa shape index (κ2) is 6.96. The van der Waals surface area contributed by atoms with Crippen molar-refractivity contribution in [1.82, 2.24) is 25.0 Å². The SMILES string of the molecule is C[C@H](C(=O)NCc1nnc2n1CCCC2)N1CCc2ccccc2C1. The van der Waals surface area contributed by atoms with E-state index >= 15 is 0 Å². The minimum Gasteiger partial charge on any atom is -0.347 e. The van der Waals surface area contributed by atoms with Crippen LogP contribution in [0.2, 0.25) is 0 Å². The van der Waals surface area contributed by atoms with Crippen molar-refractivity contribution in [2.75, 3.05) is 6.54 Å². The van der Waals surface area contributed by atoms with E-state index in [0.29, 0.717) is 6.54 Å². The topological polar surface area (TPSA) is 63.1 Å². The Morgan fingerprint density at radius 2 is 2.00 bits per heavy atom. The molecule has 0 bridgehead atoms. The highest BCUT2D eigenvalue weighted by Crippen LogP contribution is 2.20. The Morgan fingerprint density at radius 1 is 1.16 bits per heavy atom. The number of rotatable bonds is 4. The smallest absolute Gasteiger partial charge is 0.237 e. The molecule has 6 heteroatoms. The summed E-state index contributed by atoms with van der Waals surface area (Å²) >= 11 is 0. The van der Waals surface area contributed by atoms with Crippen LogP contribution in [0.1, 0.15) is 42.5 Å². The van der Waals surface area contributed by atoms with Crippen LogP contribution in [-0.2, 0) is 37.3 Å². The molecule has 2 aromatic rings. The Morgan fingerprint density at radius 3 is 2.88 bits per heavy atom. The molecule has 1 atom stereocenters. The van der Waals surface area contributed by atoms with Crippen LogP contribution in [0.5, 0.6) is 0 Å². The fourth-order valence-corrected chi connectivity index (χ4v) is 3.83. The third-order valence-electron chi connectivity index (χ3n) is 5.44. The maximum Gasteiger partial charge on any atom is 0.237 e. The van der Waals surface area contributed by atoms with Gasteiger partial charge in [-0.1, -0.05) is 24.3 Å². The summed E-state index contributed by atoms with van der Waals surface area (Å²) in [5, 5.41) is 11.6. The number of hydrogen-bond acceptors (Lipinski definition) is 4. The van der Waals surface area contributed by atoms with Gasteiger partial charge in [-0.25, -0.2) is 0 Å². The molecule has 1 aromatic carbocycles. The van der Waals surface area contributed by atoms with Gasteiger partial charge in [0.15, 0.2) is 5.82 Å². The Bertz CT molecular complexity index is 769. The molecule has 132 valence electrons. The van der Waals surface area contributed by atoms with Gasteiger partial charge in [-0.2, -0.15) is 0 Å². The van der Waals surface area contributed by atoms with E-state index in [9.17, 15) is 4.79 Å². The van der Waals surface area contributed by atoms with Gasteiger partial charge in [0, 0.05) is 26.1 Å². The van der Waals surface area contributed by atoms with Gasteiger partial charge < -0.3 is 9.88 Å². The molecule has 3 heterocycles. The highest BCUT2D eigenvalue weighted by molar-refractivity contribution is 5.81. The fourth-order valence-electron chi connectivity index (χ4n) is 3.83. The molecule has 4 rings (SSSR count). The van der Waals surface area contributed by atoms with Gasteiger partial charge in [-0.3, -0.25) is 9.69 Å². The van der Waals surface area contributed by atoms with E-state index in [-0.39, 0.29) is 11.9 Å². The summed E-state index contributed by atoms with van der Waals surface area (Å²) in [6.07, 6.45) is 4.34. The summed E-state index contributed by atoms with van der Waals surface area (Å²) in [5.74, 6) is 1.99. The van der Waals surface area contributed by atoms with Crippen LogP contribution in [-0.4, -0.2) is 38.2 Å². The highest BCUT2D eigenvalue weighted by Gasteiger charge is 2.25. The second-order valence-electron chi connectivity index (χ2n) is 7.02. The van der Waals surface area contributed by atoms with Crippen molar-refractivity contribution in [2.24, 2.45) is 0 Å². The fraction of sp³-hybridized carbons (Fsp3) is 0.526. The summed E-state index contributed by atoms with van der Waals surface area (Å²) in [6.45, 7) is 5.17. The molecule has 1 amide bonds. The zero-order chi connectivity index (χ0) is 17.2. The minimum atomic E-state index is -0.142. The Hall–Kier alpha value is -2.21. The van der Waals surface area contributed by atoms with Crippen molar-refractivity contribution >= 4 is 5.91 Å². The minimum absolute atomic E-state index is 0.0625. The molecular weight excluding hydrogens is 314 g/mol. The molecule has 6 nitrogen and oxygen atoms in total. The molecule has 0 spiro atoms. The second-order valence-corrected chi connectivity index (χ2v) is 7.02. The standard InChI is InChI=1S/C19H25N5O/c1-14(23-11-9-15-6-2-3-7-16(15)13-23)19(25)20-12-18-22-21-17-8-4-5-10-24(17)18/h2-3,6-7,14H,4-5,8-13H2,1H3,(H,20,25)/t14-/m1/s1. The Balaban J connectivity index is 1.36. The summed E-state index contributed by atoms with van der Waals surface area (Å²) in [7, 11) is 0. The number of aryl methyl sites for hydroxylation is 1. The van der Waals surface area contributed by atoms with Crippen molar-refractivity contribution < 1.29 is 4.79 Å². The molecule has 1 N–H and O–H groups in total. The Kier molecular flexibility index (Phi) is 4.53. The van der Waals surface area contributed by atoms with Crippen LogP contribution in [0.4, 0.5) is 0 Å². The van der Waals surface area contributed by atoms with E-state index in [1.54, 1.807) is 0 Å². The summed E-state index contributed by atoms with van der Waals surface area (Å²) < 4.78 is 2.16. The van der Waals surface area contributed by atoms with Gasteiger partial charge in [0.25, 0.3) is 0 Å². The lowest BCUT2D eigenvalue weighted by Crippen LogP contribution is -2.47. The first-order valence-electron chi connectivity index (χ1n) is 9.22. The largest absolute Gasteiger partial charge is 0.347 e. The van der Waals surface area contributed by atoms with Gasteiger partial charge in [0.1, 0.15) is 5.82 Å².